The highest BCUT2D eigenvalue weighted by atomic mass is 16.7. The van der Waals surface area contributed by atoms with Gasteiger partial charge in [0.25, 0.3) is 11.4 Å². The molecule has 0 saturated carbocycles. The van der Waals surface area contributed by atoms with Crippen molar-refractivity contribution in [2.75, 3.05) is 27.4 Å². The third kappa shape index (κ3) is 6.22. The van der Waals surface area contributed by atoms with Crippen LogP contribution >= 0.6 is 0 Å². The molecule has 11 heteroatoms. The van der Waals surface area contributed by atoms with Gasteiger partial charge in [0.2, 0.25) is 0 Å². The zero-order chi connectivity index (χ0) is 23.8. The molecule has 0 N–H and O–H groups in total. The van der Waals surface area contributed by atoms with E-state index in [1.807, 2.05) is 0 Å². The number of nitro groups is 2. The fourth-order valence-electron chi connectivity index (χ4n) is 3.13. The largest absolute Gasteiger partial charge is 0.519 e. The lowest BCUT2D eigenvalue weighted by Crippen LogP contribution is -2.17. The Kier molecular flexibility index (Phi) is 8.62. The van der Waals surface area contributed by atoms with Crippen LogP contribution in [-0.4, -0.2) is 43.4 Å². The molecule has 2 aromatic rings. The Morgan fingerprint density at radius 3 is 1.50 bits per heavy atom. The summed E-state index contributed by atoms with van der Waals surface area (Å²) in [6, 6.07) is 7.66. The molecule has 0 fully saturated rings. The number of carbonyl (C=O) groups excluding carboxylic acids is 1. The summed E-state index contributed by atoms with van der Waals surface area (Å²) in [7, 11) is 2.97. The molecule has 0 aliphatic heterocycles. The van der Waals surface area contributed by atoms with Gasteiger partial charge in [-0.15, -0.1) is 0 Å². The molecule has 0 heterocycles. The quantitative estimate of drug-likeness (QED) is 0.221. The van der Waals surface area contributed by atoms with Gasteiger partial charge >= 0.3 is 6.16 Å². The first-order chi connectivity index (χ1) is 15.2. The molecule has 0 spiro atoms. The van der Waals surface area contributed by atoms with Gasteiger partial charge in [0.15, 0.2) is 0 Å². The molecule has 0 aliphatic carbocycles. The zero-order valence-corrected chi connectivity index (χ0v) is 18.1. The highest BCUT2D eigenvalue weighted by Gasteiger charge is 2.23. The SMILES string of the molecule is COCC(C)c1cc([N+](=O)[O-])ccc1OC(=O)Oc1ccc([N+](=O)[O-])cc1C(C)COC. The predicted octanol–water partition coefficient (Wildman–Crippen LogP) is 4.58. The van der Waals surface area contributed by atoms with E-state index >= 15 is 0 Å². The number of methoxy groups -OCH3 is 2. The minimum absolute atomic E-state index is 0.0820. The van der Waals surface area contributed by atoms with Crippen molar-refractivity contribution in [3.63, 3.8) is 0 Å². The third-order valence-corrected chi connectivity index (χ3v) is 4.69. The van der Waals surface area contributed by atoms with Gasteiger partial charge in [0.1, 0.15) is 11.5 Å². The molecular weight excluding hydrogens is 424 g/mol. The van der Waals surface area contributed by atoms with E-state index in [4.69, 9.17) is 18.9 Å². The predicted molar refractivity (Wildman–Crippen MR) is 113 cm³/mol. The van der Waals surface area contributed by atoms with E-state index in [9.17, 15) is 25.0 Å². The van der Waals surface area contributed by atoms with Gasteiger partial charge in [-0.1, -0.05) is 13.8 Å². The number of carbonyl (C=O) groups is 1. The molecule has 172 valence electrons. The van der Waals surface area contributed by atoms with E-state index in [1.54, 1.807) is 13.8 Å². The Bertz CT molecular complexity index is 916. The first-order valence-electron chi connectivity index (χ1n) is 9.62. The van der Waals surface area contributed by atoms with Gasteiger partial charge in [-0.25, -0.2) is 4.79 Å². The Morgan fingerprint density at radius 2 is 1.19 bits per heavy atom. The molecule has 0 aliphatic rings. The number of rotatable bonds is 10. The van der Waals surface area contributed by atoms with Crippen molar-refractivity contribution >= 4 is 17.5 Å². The summed E-state index contributed by atoms with van der Waals surface area (Å²) < 4.78 is 20.8. The van der Waals surface area contributed by atoms with E-state index in [2.05, 4.69) is 0 Å². The Hall–Kier alpha value is -3.57. The average molecular weight is 448 g/mol. The van der Waals surface area contributed by atoms with Gasteiger partial charge in [-0.05, 0) is 12.1 Å². The van der Waals surface area contributed by atoms with Crippen molar-refractivity contribution in [1.82, 2.24) is 0 Å². The van der Waals surface area contributed by atoms with Crippen LogP contribution in [0.4, 0.5) is 16.2 Å². The van der Waals surface area contributed by atoms with Gasteiger partial charge in [-0.2, -0.15) is 0 Å². The summed E-state index contributed by atoms with van der Waals surface area (Å²) in [5.41, 5.74) is 0.480. The number of nitro benzene ring substituents is 2. The molecule has 0 bridgehead atoms. The summed E-state index contributed by atoms with van der Waals surface area (Å²) in [5.74, 6) is -0.448. The lowest BCUT2D eigenvalue weighted by molar-refractivity contribution is -0.385. The minimum atomic E-state index is -1.09. The van der Waals surface area contributed by atoms with Crippen LogP contribution in [0.15, 0.2) is 36.4 Å². The van der Waals surface area contributed by atoms with E-state index in [-0.39, 0.29) is 47.9 Å². The molecule has 2 atom stereocenters. The second-order valence-corrected chi connectivity index (χ2v) is 7.13. The fourth-order valence-corrected chi connectivity index (χ4v) is 3.13. The van der Waals surface area contributed by atoms with Crippen LogP contribution in [0, 0.1) is 20.2 Å². The average Bonchev–Trinajstić information content (AvgIpc) is 2.74. The van der Waals surface area contributed by atoms with Crippen molar-refractivity contribution < 1.29 is 33.6 Å². The van der Waals surface area contributed by atoms with Gasteiger partial charge in [-0.3, -0.25) is 20.2 Å². The van der Waals surface area contributed by atoms with Crippen LogP contribution in [0.2, 0.25) is 0 Å². The monoisotopic (exact) mass is 448 g/mol. The van der Waals surface area contributed by atoms with Crippen LogP contribution in [-0.2, 0) is 9.47 Å². The molecule has 0 radical (unpaired) electrons. The number of hydrogen-bond acceptors (Lipinski definition) is 9. The maximum atomic E-state index is 12.5. The summed E-state index contributed by atoms with van der Waals surface area (Å²) in [4.78, 5) is 33.7. The fraction of sp³-hybridized carbons (Fsp3) is 0.381. The van der Waals surface area contributed by atoms with E-state index < -0.39 is 16.0 Å². The van der Waals surface area contributed by atoms with Crippen LogP contribution in [0.3, 0.4) is 0 Å². The summed E-state index contributed by atoms with van der Waals surface area (Å²) in [6.07, 6.45) is -1.09. The van der Waals surface area contributed by atoms with Crippen LogP contribution in [0.1, 0.15) is 36.8 Å². The van der Waals surface area contributed by atoms with E-state index in [0.29, 0.717) is 11.1 Å². The molecule has 2 rings (SSSR count). The Labute approximate surface area is 184 Å². The first kappa shape index (κ1) is 24.7. The molecule has 2 unspecified atom stereocenters. The number of benzene rings is 2. The third-order valence-electron chi connectivity index (χ3n) is 4.69. The Balaban J connectivity index is 2.32. The standard InChI is InChI=1S/C21H24N2O9/c1-13(11-29-3)17-9-15(22(25)26)5-7-19(17)31-21(24)32-20-8-6-16(23(27)28)10-18(20)14(2)12-30-4/h5-10,13-14H,11-12H2,1-4H3. The van der Waals surface area contributed by atoms with Crippen molar-refractivity contribution in [2.45, 2.75) is 25.7 Å². The maximum absolute atomic E-state index is 12.5. The minimum Gasteiger partial charge on any atom is -0.394 e. The van der Waals surface area contributed by atoms with E-state index in [0.717, 1.165) is 0 Å². The molecule has 0 saturated heterocycles. The number of nitrogens with zero attached hydrogens (tertiary/aromatic N) is 2. The van der Waals surface area contributed by atoms with Gasteiger partial charge in [0, 0.05) is 61.4 Å². The number of hydrogen-bond donors (Lipinski definition) is 0. The first-order valence-corrected chi connectivity index (χ1v) is 9.62. The Morgan fingerprint density at radius 1 is 0.812 bits per heavy atom. The lowest BCUT2D eigenvalue weighted by atomic mass is 10.00. The van der Waals surface area contributed by atoms with E-state index in [1.165, 1.54) is 50.6 Å². The van der Waals surface area contributed by atoms with Crippen molar-refractivity contribution in [3.8, 4) is 11.5 Å². The molecular formula is C21H24N2O9. The zero-order valence-electron chi connectivity index (χ0n) is 18.1. The molecule has 11 nitrogen and oxygen atoms in total. The van der Waals surface area contributed by atoms with Gasteiger partial charge < -0.3 is 18.9 Å². The van der Waals surface area contributed by atoms with Gasteiger partial charge in [0.05, 0.1) is 23.1 Å². The second kappa shape index (κ2) is 11.2. The highest BCUT2D eigenvalue weighted by molar-refractivity contribution is 5.69. The maximum Gasteiger partial charge on any atom is 0.519 e. The van der Waals surface area contributed by atoms with Crippen molar-refractivity contribution in [1.29, 1.82) is 0 Å². The topological polar surface area (TPSA) is 140 Å². The normalized spacial score (nSPS) is 12.6. The van der Waals surface area contributed by atoms with Crippen LogP contribution in [0.5, 0.6) is 11.5 Å². The highest BCUT2D eigenvalue weighted by Crippen LogP contribution is 2.33. The summed E-state index contributed by atoms with van der Waals surface area (Å²) in [6.45, 7) is 4.02. The molecule has 2 aromatic carbocycles. The second-order valence-electron chi connectivity index (χ2n) is 7.13. The molecule has 0 amide bonds. The number of ether oxygens (including phenoxy) is 4. The van der Waals surface area contributed by atoms with Crippen LogP contribution < -0.4 is 9.47 Å². The lowest BCUT2D eigenvalue weighted by Gasteiger charge is -2.17. The molecule has 32 heavy (non-hydrogen) atoms. The molecule has 0 aromatic heterocycles. The smallest absolute Gasteiger partial charge is 0.394 e. The summed E-state index contributed by atoms with van der Waals surface area (Å²) in [5, 5.41) is 22.2. The summed E-state index contributed by atoms with van der Waals surface area (Å²) >= 11 is 0. The van der Waals surface area contributed by atoms with Crippen LogP contribution in [0.25, 0.3) is 0 Å². The van der Waals surface area contributed by atoms with Crippen molar-refractivity contribution in [2.24, 2.45) is 0 Å². The number of non-ortho nitro benzene ring substituents is 2. The van der Waals surface area contributed by atoms with Crippen molar-refractivity contribution in [3.05, 3.63) is 67.8 Å².